The van der Waals surface area contributed by atoms with Crippen molar-refractivity contribution < 1.29 is 9.45 Å². The van der Waals surface area contributed by atoms with Crippen LogP contribution in [0.1, 0.15) is 56.9 Å². The van der Waals surface area contributed by atoms with Gasteiger partial charge in [0.05, 0.1) is 4.92 Å². The first-order valence-electron chi connectivity index (χ1n) is 10.3. The Balaban J connectivity index is 1.44. The van der Waals surface area contributed by atoms with Gasteiger partial charge in [-0.2, -0.15) is 4.98 Å². The van der Waals surface area contributed by atoms with Gasteiger partial charge in [0.15, 0.2) is 0 Å². The highest BCUT2D eigenvalue weighted by atomic mass is 16.6. The molecular formula is C23H25N3O3. The molecule has 0 spiro atoms. The third-order valence-electron chi connectivity index (χ3n) is 5.94. The lowest BCUT2D eigenvalue weighted by molar-refractivity contribution is -0.384. The zero-order chi connectivity index (χ0) is 20.2. The second-order valence-corrected chi connectivity index (χ2v) is 7.86. The molecule has 1 saturated carbocycles. The lowest BCUT2D eigenvalue weighted by Gasteiger charge is -2.28. The van der Waals surface area contributed by atoms with Gasteiger partial charge in [-0.1, -0.05) is 49.2 Å². The number of nitro benzene ring substituents is 1. The summed E-state index contributed by atoms with van der Waals surface area (Å²) in [5.74, 6) is 2.44. The van der Waals surface area contributed by atoms with Crippen LogP contribution in [0, 0.1) is 16.0 Å². The van der Waals surface area contributed by atoms with E-state index in [4.69, 9.17) is 4.52 Å². The summed E-state index contributed by atoms with van der Waals surface area (Å²) < 4.78 is 5.36. The van der Waals surface area contributed by atoms with Crippen LogP contribution < -0.4 is 0 Å². The maximum Gasteiger partial charge on any atom is 0.269 e. The molecule has 0 amide bonds. The van der Waals surface area contributed by atoms with E-state index in [9.17, 15) is 10.1 Å². The highest BCUT2D eigenvalue weighted by Gasteiger charge is 2.22. The molecule has 3 aromatic rings. The molecule has 0 saturated heterocycles. The summed E-state index contributed by atoms with van der Waals surface area (Å²) in [5, 5.41) is 14.9. The fourth-order valence-corrected chi connectivity index (χ4v) is 4.28. The molecule has 1 aromatic heterocycles. The molecule has 150 valence electrons. The van der Waals surface area contributed by atoms with E-state index < -0.39 is 4.92 Å². The Hall–Kier alpha value is -3.02. The minimum atomic E-state index is -0.430. The van der Waals surface area contributed by atoms with E-state index in [1.54, 1.807) is 12.1 Å². The molecule has 1 aliphatic carbocycles. The summed E-state index contributed by atoms with van der Waals surface area (Å²) in [6.07, 6.45) is 7.87. The minimum absolute atomic E-state index is 0.0350. The molecule has 0 radical (unpaired) electrons. The lowest BCUT2D eigenvalue weighted by Crippen LogP contribution is -2.13. The maximum absolute atomic E-state index is 10.8. The number of aromatic nitrogens is 2. The lowest BCUT2D eigenvalue weighted by atomic mass is 9.77. The van der Waals surface area contributed by atoms with Crippen LogP contribution in [0.2, 0.25) is 0 Å². The maximum atomic E-state index is 10.8. The van der Waals surface area contributed by atoms with Crippen LogP contribution in [0.25, 0.3) is 22.8 Å². The first-order chi connectivity index (χ1) is 14.1. The van der Waals surface area contributed by atoms with Crippen molar-refractivity contribution in [3.8, 4) is 22.8 Å². The highest BCUT2D eigenvalue weighted by Crippen LogP contribution is 2.38. The predicted octanol–water partition coefficient (Wildman–Crippen LogP) is 6.39. The molecule has 1 heterocycles. The number of nitrogens with zero attached hydrogens (tertiary/aromatic N) is 3. The van der Waals surface area contributed by atoms with Gasteiger partial charge in [-0.05, 0) is 55.2 Å². The quantitative estimate of drug-likeness (QED) is 0.359. The van der Waals surface area contributed by atoms with E-state index in [0.717, 1.165) is 11.5 Å². The van der Waals surface area contributed by atoms with Crippen LogP contribution in [0.3, 0.4) is 0 Å². The van der Waals surface area contributed by atoms with Gasteiger partial charge in [-0.3, -0.25) is 10.1 Å². The van der Waals surface area contributed by atoms with Gasteiger partial charge in [0, 0.05) is 23.3 Å². The molecule has 4 rings (SSSR count). The molecule has 29 heavy (non-hydrogen) atoms. The fourth-order valence-electron chi connectivity index (χ4n) is 4.28. The Labute approximate surface area is 170 Å². The Morgan fingerprint density at radius 1 is 1.00 bits per heavy atom. The van der Waals surface area contributed by atoms with Crippen molar-refractivity contribution in [2.75, 3.05) is 0 Å². The molecule has 0 atom stereocenters. The molecule has 0 aliphatic heterocycles. The summed E-state index contributed by atoms with van der Waals surface area (Å²) in [4.78, 5) is 14.8. The Bertz CT molecular complexity index is 956. The summed E-state index contributed by atoms with van der Waals surface area (Å²) in [6, 6.07) is 14.6. The van der Waals surface area contributed by atoms with Gasteiger partial charge >= 0.3 is 0 Å². The molecule has 1 fully saturated rings. The molecule has 0 unspecified atom stereocenters. The molecule has 6 heteroatoms. The van der Waals surface area contributed by atoms with E-state index in [2.05, 4.69) is 41.3 Å². The van der Waals surface area contributed by atoms with Crippen LogP contribution in [0.4, 0.5) is 5.69 Å². The van der Waals surface area contributed by atoms with Crippen LogP contribution in [0.15, 0.2) is 53.1 Å². The Morgan fingerprint density at radius 2 is 1.66 bits per heavy atom. The standard InChI is InChI=1S/C23H25N3O3/c1-2-3-16-4-6-17(7-5-16)18-8-10-19(11-9-18)22-24-23(29-25-22)20-12-14-21(15-13-20)26(27)28/h8-17H,2-7H2,1H3. The number of non-ortho nitro benzene ring substituents is 1. The monoisotopic (exact) mass is 391 g/mol. The van der Waals surface area contributed by atoms with Crippen molar-refractivity contribution in [3.05, 3.63) is 64.2 Å². The van der Waals surface area contributed by atoms with E-state index in [1.165, 1.54) is 56.2 Å². The second kappa shape index (κ2) is 8.55. The fraction of sp³-hybridized carbons (Fsp3) is 0.391. The largest absolute Gasteiger partial charge is 0.334 e. The van der Waals surface area contributed by atoms with E-state index in [0.29, 0.717) is 23.2 Å². The number of hydrogen-bond donors (Lipinski definition) is 0. The smallest absolute Gasteiger partial charge is 0.269 e. The van der Waals surface area contributed by atoms with Gasteiger partial charge in [-0.25, -0.2) is 0 Å². The SMILES string of the molecule is CCCC1CCC(c2ccc(-c3noc(-c4ccc([N+](=O)[O-])cc4)n3)cc2)CC1. The third kappa shape index (κ3) is 4.36. The van der Waals surface area contributed by atoms with Crippen molar-refractivity contribution in [2.24, 2.45) is 5.92 Å². The molecule has 1 aliphatic rings. The summed E-state index contributed by atoms with van der Waals surface area (Å²) in [6.45, 7) is 2.27. The molecule has 2 aromatic carbocycles. The number of rotatable bonds is 6. The Kier molecular flexibility index (Phi) is 5.69. The van der Waals surface area contributed by atoms with Crippen LogP contribution >= 0.6 is 0 Å². The predicted molar refractivity (Wildman–Crippen MR) is 111 cm³/mol. The molecule has 0 bridgehead atoms. The van der Waals surface area contributed by atoms with Gasteiger partial charge in [0.25, 0.3) is 11.6 Å². The van der Waals surface area contributed by atoms with E-state index >= 15 is 0 Å². The molecular weight excluding hydrogens is 366 g/mol. The second-order valence-electron chi connectivity index (χ2n) is 7.86. The van der Waals surface area contributed by atoms with Crippen LogP contribution in [0.5, 0.6) is 0 Å². The van der Waals surface area contributed by atoms with Crippen molar-refractivity contribution in [1.29, 1.82) is 0 Å². The van der Waals surface area contributed by atoms with E-state index in [-0.39, 0.29) is 5.69 Å². The topological polar surface area (TPSA) is 82.1 Å². The summed E-state index contributed by atoms with van der Waals surface area (Å²) in [5.41, 5.74) is 3.00. The molecule has 0 N–H and O–H groups in total. The van der Waals surface area contributed by atoms with Crippen molar-refractivity contribution >= 4 is 5.69 Å². The first kappa shape index (κ1) is 19.3. The van der Waals surface area contributed by atoms with Gasteiger partial charge in [0.2, 0.25) is 5.82 Å². The third-order valence-corrected chi connectivity index (χ3v) is 5.94. The average molecular weight is 391 g/mol. The van der Waals surface area contributed by atoms with Crippen molar-refractivity contribution in [1.82, 2.24) is 10.1 Å². The normalized spacial score (nSPS) is 19.2. The van der Waals surface area contributed by atoms with E-state index in [1.807, 2.05) is 0 Å². The zero-order valence-electron chi connectivity index (χ0n) is 16.6. The number of benzene rings is 2. The highest BCUT2D eigenvalue weighted by molar-refractivity contribution is 5.61. The zero-order valence-corrected chi connectivity index (χ0v) is 16.6. The summed E-state index contributed by atoms with van der Waals surface area (Å²) in [7, 11) is 0. The van der Waals surface area contributed by atoms with Gasteiger partial charge in [0.1, 0.15) is 0 Å². The first-order valence-corrected chi connectivity index (χ1v) is 10.3. The summed E-state index contributed by atoms with van der Waals surface area (Å²) >= 11 is 0. The molecule has 6 nitrogen and oxygen atoms in total. The van der Waals surface area contributed by atoms with Crippen LogP contribution in [-0.2, 0) is 0 Å². The minimum Gasteiger partial charge on any atom is -0.334 e. The number of hydrogen-bond acceptors (Lipinski definition) is 5. The van der Waals surface area contributed by atoms with Gasteiger partial charge in [-0.15, -0.1) is 0 Å². The van der Waals surface area contributed by atoms with Crippen LogP contribution in [-0.4, -0.2) is 15.1 Å². The van der Waals surface area contributed by atoms with Gasteiger partial charge < -0.3 is 4.52 Å². The Morgan fingerprint density at radius 3 is 2.28 bits per heavy atom. The average Bonchev–Trinajstić information content (AvgIpc) is 3.25. The van der Waals surface area contributed by atoms with Crippen molar-refractivity contribution in [2.45, 2.75) is 51.4 Å². The van der Waals surface area contributed by atoms with Crippen molar-refractivity contribution in [3.63, 3.8) is 0 Å². The number of nitro groups is 1.